The molecule has 0 aliphatic heterocycles. The molecule has 3 heteroatoms. The second-order valence-electron chi connectivity index (χ2n) is 3.98. The number of hydrogen-bond acceptors (Lipinski definition) is 2. The van der Waals surface area contributed by atoms with Gasteiger partial charge in [0.15, 0.2) is 0 Å². The summed E-state index contributed by atoms with van der Waals surface area (Å²) in [5.41, 5.74) is 2.36. The lowest BCUT2D eigenvalue weighted by molar-refractivity contribution is 1.16. The minimum absolute atomic E-state index is 0.817. The SMILES string of the molecule is c1cc(NCc2cc[nH]c2)c2cnccc2c1. The standard InChI is InChI=1S/C14H13N3/c1-2-12-5-7-16-10-13(12)14(3-1)17-9-11-4-6-15-8-11/h1-8,10,15,17H,9H2. The molecular weight excluding hydrogens is 210 g/mol. The van der Waals surface area contributed by atoms with Crippen molar-refractivity contribution in [3.63, 3.8) is 0 Å². The molecule has 0 aliphatic rings. The maximum atomic E-state index is 4.17. The maximum absolute atomic E-state index is 4.17. The first-order chi connectivity index (χ1) is 8.43. The van der Waals surface area contributed by atoms with Crippen molar-refractivity contribution in [1.29, 1.82) is 0 Å². The van der Waals surface area contributed by atoms with Gasteiger partial charge < -0.3 is 10.3 Å². The lowest BCUT2D eigenvalue weighted by atomic mass is 10.1. The molecule has 84 valence electrons. The molecular formula is C14H13N3. The van der Waals surface area contributed by atoms with E-state index in [0.717, 1.165) is 17.6 Å². The number of hydrogen-bond donors (Lipinski definition) is 2. The molecule has 0 radical (unpaired) electrons. The molecule has 0 spiro atoms. The highest BCUT2D eigenvalue weighted by Crippen LogP contribution is 2.22. The highest BCUT2D eigenvalue weighted by atomic mass is 14.9. The van der Waals surface area contributed by atoms with Gasteiger partial charge in [-0.15, -0.1) is 0 Å². The van der Waals surface area contributed by atoms with Gasteiger partial charge in [0, 0.05) is 42.4 Å². The van der Waals surface area contributed by atoms with Crippen LogP contribution in [0.2, 0.25) is 0 Å². The molecule has 0 aliphatic carbocycles. The van der Waals surface area contributed by atoms with E-state index in [1.807, 2.05) is 30.9 Å². The smallest absolute Gasteiger partial charge is 0.0438 e. The third-order valence-electron chi connectivity index (χ3n) is 2.83. The number of aromatic nitrogens is 2. The Balaban J connectivity index is 1.90. The van der Waals surface area contributed by atoms with E-state index < -0.39 is 0 Å². The largest absolute Gasteiger partial charge is 0.380 e. The lowest BCUT2D eigenvalue weighted by Gasteiger charge is -2.08. The zero-order chi connectivity index (χ0) is 11.5. The van der Waals surface area contributed by atoms with Crippen molar-refractivity contribution in [3.05, 3.63) is 60.7 Å². The first-order valence-electron chi connectivity index (χ1n) is 5.62. The summed E-state index contributed by atoms with van der Waals surface area (Å²) in [5, 5.41) is 5.80. The summed E-state index contributed by atoms with van der Waals surface area (Å²) in [6.45, 7) is 0.817. The van der Waals surface area contributed by atoms with Crippen molar-refractivity contribution in [2.75, 3.05) is 5.32 Å². The van der Waals surface area contributed by atoms with Crippen LogP contribution in [0.1, 0.15) is 5.56 Å². The Morgan fingerprint density at radius 1 is 1.18 bits per heavy atom. The highest BCUT2D eigenvalue weighted by molar-refractivity contribution is 5.92. The molecule has 3 rings (SSSR count). The van der Waals surface area contributed by atoms with Crippen LogP contribution in [0.3, 0.4) is 0 Å². The van der Waals surface area contributed by atoms with Crippen LogP contribution >= 0.6 is 0 Å². The Bertz CT molecular complexity index is 609. The molecule has 0 amide bonds. The fraction of sp³-hybridized carbons (Fsp3) is 0.0714. The monoisotopic (exact) mass is 223 g/mol. The third kappa shape index (κ3) is 1.99. The van der Waals surface area contributed by atoms with E-state index in [0.29, 0.717) is 0 Å². The fourth-order valence-electron chi connectivity index (χ4n) is 1.93. The van der Waals surface area contributed by atoms with E-state index >= 15 is 0 Å². The molecule has 0 saturated heterocycles. The number of fused-ring (bicyclic) bond motifs is 1. The van der Waals surface area contributed by atoms with Crippen LogP contribution in [0.5, 0.6) is 0 Å². The summed E-state index contributed by atoms with van der Waals surface area (Å²) >= 11 is 0. The van der Waals surface area contributed by atoms with Gasteiger partial charge in [0.1, 0.15) is 0 Å². The summed E-state index contributed by atoms with van der Waals surface area (Å²) in [6.07, 6.45) is 7.64. The van der Waals surface area contributed by atoms with Gasteiger partial charge in [0.05, 0.1) is 0 Å². The Labute approximate surface area is 99.5 Å². The van der Waals surface area contributed by atoms with Gasteiger partial charge in [-0.2, -0.15) is 0 Å². The van der Waals surface area contributed by atoms with Crippen LogP contribution in [-0.2, 0) is 6.54 Å². The molecule has 0 unspecified atom stereocenters. The zero-order valence-electron chi connectivity index (χ0n) is 9.35. The van der Waals surface area contributed by atoms with E-state index in [1.54, 1.807) is 0 Å². The van der Waals surface area contributed by atoms with Crippen molar-refractivity contribution in [2.45, 2.75) is 6.54 Å². The van der Waals surface area contributed by atoms with Crippen LogP contribution in [0.15, 0.2) is 55.1 Å². The van der Waals surface area contributed by atoms with Crippen LogP contribution in [-0.4, -0.2) is 9.97 Å². The predicted molar refractivity (Wildman–Crippen MR) is 69.9 cm³/mol. The minimum atomic E-state index is 0.817. The number of rotatable bonds is 3. The molecule has 0 atom stereocenters. The van der Waals surface area contributed by atoms with Crippen LogP contribution in [0, 0.1) is 0 Å². The first-order valence-corrected chi connectivity index (χ1v) is 5.62. The van der Waals surface area contributed by atoms with Gasteiger partial charge in [-0.25, -0.2) is 0 Å². The second kappa shape index (κ2) is 4.29. The quantitative estimate of drug-likeness (QED) is 0.716. The van der Waals surface area contributed by atoms with E-state index in [1.165, 1.54) is 10.9 Å². The van der Waals surface area contributed by atoms with Gasteiger partial charge in [0.2, 0.25) is 0 Å². The first kappa shape index (κ1) is 9.90. The minimum Gasteiger partial charge on any atom is -0.380 e. The lowest BCUT2D eigenvalue weighted by Crippen LogP contribution is -1.98. The van der Waals surface area contributed by atoms with E-state index in [9.17, 15) is 0 Å². The Morgan fingerprint density at radius 2 is 2.18 bits per heavy atom. The van der Waals surface area contributed by atoms with Gasteiger partial charge in [0.25, 0.3) is 0 Å². The van der Waals surface area contributed by atoms with E-state index in [-0.39, 0.29) is 0 Å². The number of benzene rings is 1. The van der Waals surface area contributed by atoms with Gasteiger partial charge in [-0.05, 0) is 29.1 Å². The second-order valence-corrected chi connectivity index (χ2v) is 3.98. The number of nitrogens with one attached hydrogen (secondary N) is 2. The topological polar surface area (TPSA) is 40.7 Å². The average Bonchev–Trinajstić information content (AvgIpc) is 2.89. The van der Waals surface area contributed by atoms with E-state index in [4.69, 9.17) is 0 Å². The molecule has 3 aromatic rings. The van der Waals surface area contributed by atoms with Crippen LogP contribution in [0.25, 0.3) is 10.8 Å². The van der Waals surface area contributed by atoms with Crippen LogP contribution in [0.4, 0.5) is 5.69 Å². The summed E-state index contributed by atoms with van der Waals surface area (Å²) < 4.78 is 0. The van der Waals surface area contributed by atoms with Crippen molar-refractivity contribution in [2.24, 2.45) is 0 Å². The Hall–Kier alpha value is -2.29. The van der Waals surface area contributed by atoms with Crippen molar-refractivity contribution < 1.29 is 0 Å². The molecule has 1 aromatic carbocycles. The zero-order valence-corrected chi connectivity index (χ0v) is 9.35. The summed E-state index contributed by atoms with van der Waals surface area (Å²) in [6, 6.07) is 10.3. The molecule has 2 heterocycles. The number of aromatic amines is 1. The van der Waals surface area contributed by atoms with Crippen molar-refractivity contribution in [3.8, 4) is 0 Å². The Kier molecular flexibility index (Phi) is 2.50. The molecule has 0 fully saturated rings. The summed E-state index contributed by atoms with van der Waals surface area (Å²) in [7, 11) is 0. The maximum Gasteiger partial charge on any atom is 0.0438 e. The number of nitrogens with zero attached hydrogens (tertiary/aromatic N) is 1. The molecule has 2 aromatic heterocycles. The van der Waals surface area contributed by atoms with Gasteiger partial charge in [-0.3, -0.25) is 4.98 Å². The van der Waals surface area contributed by atoms with Crippen molar-refractivity contribution >= 4 is 16.5 Å². The third-order valence-corrected chi connectivity index (χ3v) is 2.83. The molecule has 0 bridgehead atoms. The number of anilines is 1. The molecule has 3 nitrogen and oxygen atoms in total. The summed E-state index contributed by atoms with van der Waals surface area (Å²) in [5.74, 6) is 0. The number of pyridine rings is 1. The number of H-pyrrole nitrogens is 1. The average molecular weight is 223 g/mol. The molecule has 17 heavy (non-hydrogen) atoms. The van der Waals surface area contributed by atoms with Crippen LogP contribution < -0.4 is 5.32 Å². The van der Waals surface area contributed by atoms with Gasteiger partial charge >= 0.3 is 0 Å². The highest BCUT2D eigenvalue weighted by Gasteiger charge is 2.00. The normalized spacial score (nSPS) is 10.6. The molecule has 2 N–H and O–H groups in total. The van der Waals surface area contributed by atoms with Gasteiger partial charge in [-0.1, -0.05) is 12.1 Å². The van der Waals surface area contributed by atoms with E-state index in [2.05, 4.69) is 39.6 Å². The predicted octanol–water partition coefficient (Wildman–Crippen LogP) is 3.18. The summed E-state index contributed by atoms with van der Waals surface area (Å²) in [4.78, 5) is 7.22. The molecule has 0 saturated carbocycles. The fourth-order valence-corrected chi connectivity index (χ4v) is 1.93. The Morgan fingerprint density at radius 3 is 3.06 bits per heavy atom. The van der Waals surface area contributed by atoms with Crippen molar-refractivity contribution in [1.82, 2.24) is 9.97 Å².